The van der Waals surface area contributed by atoms with Crippen LogP contribution in [0.2, 0.25) is 0 Å². The van der Waals surface area contributed by atoms with E-state index in [-0.39, 0.29) is 6.04 Å². The summed E-state index contributed by atoms with van der Waals surface area (Å²) in [5, 5.41) is 8.98. The molecule has 2 rings (SSSR count). The van der Waals surface area contributed by atoms with Crippen LogP contribution in [0.3, 0.4) is 0 Å². The van der Waals surface area contributed by atoms with Gasteiger partial charge in [0.25, 0.3) is 0 Å². The molecule has 1 saturated heterocycles. The molecule has 154 valence electrons. The monoisotopic (exact) mass is 397 g/mol. The van der Waals surface area contributed by atoms with Gasteiger partial charge >= 0.3 is 12.3 Å². The van der Waals surface area contributed by atoms with Gasteiger partial charge in [-0.2, -0.15) is 18.4 Å². The minimum absolute atomic E-state index is 0.125. The predicted molar refractivity (Wildman–Crippen MR) is 100 cm³/mol. The number of nitrogens with zero attached hydrogens (tertiary/aromatic N) is 3. The zero-order chi connectivity index (χ0) is 21.1. The minimum Gasteiger partial charge on any atom is -0.444 e. The van der Waals surface area contributed by atoms with E-state index >= 15 is 0 Å². The lowest BCUT2D eigenvalue weighted by Gasteiger charge is -2.40. The van der Waals surface area contributed by atoms with E-state index in [1.165, 1.54) is 12.1 Å². The molecule has 0 unspecified atom stereocenters. The Morgan fingerprint density at radius 3 is 2.57 bits per heavy atom. The van der Waals surface area contributed by atoms with E-state index < -0.39 is 29.0 Å². The van der Waals surface area contributed by atoms with E-state index in [0.29, 0.717) is 25.3 Å². The van der Waals surface area contributed by atoms with Gasteiger partial charge in [0.2, 0.25) is 0 Å². The zero-order valence-corrected chi connectivity index (χ0v) is 16.6. The lowest BCUT2D eigenvalue weighted by atomic mass is 10.0. The van der Waals surface area contributed by atoms with Crippen LogP contribution in [0.25, 0.3) is 0 Å². The quantitative estimate of drug-likeness (QED) is 0.735. The third-order valence-electron chi connectivity index (χ3n) is 4.59. The first kappa shape index (κ1) is 21.9. The first-order chi connectivity index (χ1) is 13.0. The highest BCUT2D eigenvalue weighted by molar-refractivity contribution is 5.68. The number of rotatable bonds is 3. The van der Waals surface area contributed by atoms with Crippen LogP contribution in [0.1, 0.15) is 51.7 Å². The molecule has 5 nitrogen and oxygen atoms in total. The van der Waals surface area contributed by atoms with Crippen LogP contribution in [0.15, 0.2) is 18.2 Å². The highest BCUT2D eigenvalue weighted by Gasteiger charge is 2.35. The summed E-state index contributed by atoms with van der Waals surface area (Å²) in [7, 11) is 0. The second-order valence-electron chi connectivity index (χ2n) is 7.85. The fourth-order valence-electron chi connectivity index (χ4n) is 3.40. The molecule has 0 N–H and O–H groups in total. The topological polar surface area (TPSA) is 56.6 Å². The van der Waals surface area contributed by atoms with Crippen LogP contribution in [0, 0.1) is 11.3 Å². The number of likely N-dealkylation sites (N-methyl/N-ethyl adjacent to an activating group) is 1. The van der Waals surface area contributed by atoms with Gasteiger partial charge in [-0.3, -0.25) is 0 Å². The van der Waals surface area contributed by atoms with Crippen molar-refractivity contribution in [3.63, 3.8) is 0 Å². The van der Waals surface area contributed by atoms with E-state index in [9.17, 15) is 18.0 Å². The van der Waals surface area contributed by atoms with Crippen molar-refractivity contribution in [1.29, 1.82) is 5.26 Å². The molecular formula is C20H26F3N3O2. The molecule has 1 heterocycles. The lowest BCUT2D eigenvalue weighted by Crippen LogP contribution is -2.51. The molecule has 1 atom stereocenters. The van der Waals surface area contributed by atoms with Gasteiger partial charge in [-0.25, -0.2) is 4.79 Å². The van der Waals surface area contributed by atoms with Gasteiger partial charge in [0.05, 0.1) is 17.2 Å². The molecule has 1 aromatic rings. The Labute approximate surface area is 163 Å². The van der Waals surface area contributed by atoms with Crippen LogP contribution in [0.4, 0.5) is 23.7 Å². The molecule has 0 saturated carbocycles. The molecule has 0 aliphatic carbocycles. The second-order valence-corrected chi connectivity index (χ2v) is 7.85. The van der Waals surface area contributed by atoms with Gasteiger partial charge in [-0.1, -0.05) is 0 Å². The number of hydrogen-bond acceptors (Lipinski definition) is 4. The van der Waals surface area contributed by atoms with Crippen LogP contribution in [0.5, 0.6) is 0 Å². The molecule has 8 heteroatoms. The Hall–Kier alpha value is -2.43. The molecule has 1 amide bonds. The summed E-state index contributed by atoms with van der Waals surface area (Å²) in [6.07, 6.45) is -3.52. The molecule has 1 fully saturated rings. The van der Waals surface area contributed by atoms with E-state index in [1.54, 1.807) is 31.7 Å². The third kappa shape index (κ3) is 5.31. The van der Waals surface area contributed by atoms with Crippen molar-refractivity contribution in [2.45, 2.75) is 58.4 Å². The maximum atomic E-state index is 13.3. The smallest absolute Gasteiger partial charge is 0.417 e. The largest absolute Gasteiger partial charge is 0.444 e. The molecule has 0 radical (unpaired) electrons. The van der Waals surface area contributed by atoms with E-state index in [2.05, 4.69) is 0 Å². The van der Waals surface area contributed by atoms with Gasteiger partial charge < -0.3 is 14.5 Å². The molecule has 0 bridgehead atoms. The average molecular weight is 397 g/mol. The number of hydrogen-bond donors (Lipinski definition) is 0. The zero-order valence-electron chi connectivity index (χ0n) is 16.6. The number of benzene rings is 1. The number of piperidine rings is 1. The SMILES string of the molecule is CCN(c1ccc(C#N)c(C(F)(F)F)c1)[C@H]1CCCN(C(=O)OC(C)(C)C)C1. The average Bonchev–Trinajstić information content (AvgIpc) is 2.60. The van der Waals surface area contributed by atoms with E-state index in [0.717, 1.165) is 18.9 Å². The normalized spacial score (nSPS) is 17.8. The number of ether oxygens (including phenoxy) is 1. The number of nitriles is 1. The fraction of sp³-hybridized carbons (Fsp3) is 0.600. The fourth-order valence-corrected chi connectivity index (χ4v) is 3.40. The Bertz CT molecular complexity index is 751. The summed E-state index contributed by atoms with van der Waals surface area (Å²) in [5.74, 6) is 0. The molecule has 0 spiro atoms. The molecule has 1 aromatic carbocycles. The van der Waals surface area contributed by atoms with Crippen molar-refractivity contribution in [3.05, 3.63) is 29.3 Å². The Balaban J connectivity index is 2.25. The number of carbonyl (C=O) groups excluding carboxylic acids is 1. The number of likely N-dealkylation sites (tertiary alicyclic amines) is 1. The van der Waals surface area contributed by atoms with Crippen molar-refractivity contribution in [2.24, 2.45) is 0 Å². The van der Waals surface area contributed by atoms with Crippen molar-refractivity contribution in [1.82, 2.24) is 4.90 Å². The van der Waals surface area contributed by atoms with Crippen LogP contribution < -0.4 is 4.90 Å². The van der Waals surface area contributed by atoms with Crippen LogP contribution in [-0.4, -0.2) is 42.3 Å². The van der Waals surface area contributed by atoms with Gasteiger partial charge in [0.1, 0.15) is 5.60 Å². The van der Waals surface area contributed by atoms with Gasteiger partial charge in [-0.15, -0.1) is 0 Å². The number of halogens is 3. The maximum Gasteiger partial charge on any atom is 0.417 e. The lowest BCUT2D eigenvalue weighted by molar-refractivity contribution is -0.137. The Kier molecular flexibility index (Phi) is 6.48. The van der Waals surface area contributed by atoms with Crippen LogP contribution in [-0.2, 0) is 10.9 Å². The van der Waals surface area contributed by atoms with E-state index in [1.807, 2.05) is 11.8 Å². The Morgan fingerprint density at radius 2 is 2.04 bits per heavy atom. The van der Waals surface area contributed by atoms with Crippen molar-refractivity contribution in [2.75, 3.05) is 24.5 Å². The van der Waals surface area contributed by atoms with Gasteiger partial charge in [0.15, 0.2) is 0 Å². The molecular weight excluding hydrogens is 371 g/mol. The number of amides is 1. The third-order valence-corrected chi connectivity index (χ3v) is 4.59. The molecule has 1 aliphatic rings. The van der Waals surface area contributed by atoms with Crippen LogP contribution >= 0.6 is 0 Å². The van der Waals surface area contributed by atoms with Gasteiger partial charge in [-0.05, 0) is 58.7 Å². The van der Waals surface area contributed by atoms with Gasteiger partial charge in [0, 0.05) is 31.4 Å². The van der Waals surface area contributed by atoms with Crippen molar-refractivity contribution >= 4 is 11.8 Å². The predicted octanol–water partition coefficient (Wildman–Crippen LogP) is 4.80. The first-order valence-electron chi connectivity index (χ1n) is 9.32. The molecule has 0 aromatic heterocycles. The first-order valence-corrected chi connectivity index (χ1v) is 9.32. The summed E-state index contributed by atoms with van der Waals surface area (Å²) in [5.41, 5.74) is -1.55. The summed E-state index contributed by atoms with van der Waals surface area (Å²) in [6.45, 7) is 8.66. The minimum atomic E-state index is -4.60. The van der Waals surface area contributed by atoms with Crippen molar-refractivity contribution < 1.29 is 22.7 Å². The van der Waals surface area contributed by atoms with E-state index in [4.69, 9.17) is 10.00 Å². The number of carbonyl (C=O) groups is 1. The summed E-state index contributed by atoms with van der Waals surface area (Å²) in [6, 6.07) is 5.23. The second kappa shape index (κ2) is 8.29. The summed E-state index contributed by atoms with van der Waals surface area (Å²) in [4.78, 5) is 15.8. The number of alkyl halides is 3. The molecule has 28 heavy (non-hydrogen) atoms. The standard InChI is InChI=1S/C20H26F3N3O2/c1-5-26(15-9-8-14(12-24)17(11-15)20(21,22)23)16-7-6-10-25(13-16)18(27)28-19(2,3)4/h8-9,11,16H,5-7,10,13H2,1-4H3/t16-/m0/s1. The maximum absolute atomic E-state index is 13.3. The summed E-state index contributed by atoms with van der Waals surface area (Å²) >= 11 is 0. The number of anilines is 1. The molecule has 1 aliphatic heterocycles. The highest BCUT2D eigenvalue weighted by atomic mass is 19.4. The van der Waals surface area contributed by atoms with Crippen molar-refractivity contribution in [3.8, 4) is 6.07 Å². The Morgan fingerprint density at radius 1 is 1.36 bits per heavy atom. The highest BCUT2D eigenvalue weighted by Crippen LogP contribution is 2.35. The summed E-state index contributed by atoms with van der Waals surface area (Å²) < 4.78 is 45.4.